The molecular formula is C12H25N. The van der Waals surface area contributed by atoms with Gasteiger partial charge in [-0.3, -0.25) is 0 Å². The van der Waals surface area contributed by atoms with E-state index in [1.165, 1.54) is 32.4 Å². The van der Waals surface area contributed by atoms with E-state index in [2.05, 4.69) is 18.7 Å². The summed E-state index contributed by atoms with van der Waals surface area (Å²) in [7, 11) is 0. The van der Waals surface area contributed by atoms with E-state index in [1.54, 1.807) is 0 Å². The predicted octanol–water partition coefficient (Wildman–Crippen LogP) is 3.15. The van der Waals surface area contributed by atoms with E-state index in [0.29, 0.717) is 0 Å². The highest BCUT2D eigenvalue weighted by atomic mass is 15.2. The molecule has 78 valence electrons. The second-order valence-electron chi connectivity index (χ2n) is 4.59. The van der Waals surface area contributed by atoms with Crippen LogP contribution in [0.2, 0.25) is 0 Å². The normalized spacial score (nSPS) is 33.0. The highest BCUT2D eigenvalue weighted by Gasteiger charge is 2.33. The van der Waals surface area contributed by atoms with Crippen LogP contribution in [-0.4, -0.2) is 24.0 Å². The van der Waals surface area contributed by atoms with Crippen LogP contribution in [0.25, 0.3) is 0 Å². The first-order valence-electron chi connectivity index (χ1n) is 5.99. The molecule has 2 rings (SSSR count). The van der Waals surface area contributed by atoms with Crippen LogP contribution < -0.4 is 0 Å². The molecule has 2 aliphatic rings. The van der Waals surface area contributed by atoms with Crippen molar-refractivity contribution in [1.29, 1.82) is 0 Å². The predicted molar refractivity (Wildman–Crippen MR) is 58.9 cm³/mol. The number of hydrogen-bond donors (Lipinski definition) is 0. The maximum Gasteiger partial charge on any atom is 0.00388 e. The lowest BCUT2D eigenvalue weighted by molar-refractivity contribution is 0.133. The van der Waals surface area contributed by atoms with Crippen molar-refractivity contribution < 1.29 is 0 Å². The molecule has 1 aliphatic carbocycles. The first kappa shape index (κ1) is 11.0. The van der Waals surface area contributed by atoms with E-state index in [4.69, 9.17) is 0 Å². The fourth-order valence-corrected chi connectivity index (χ4v) is 2.67. The van der Waals surface area contributed by atoms with Crippen molar-refractivity contribution in [3.05, 3.63) is 0 Å². The zero-order chi connectivity index (χ0) is 9.84. The molecule has 1 saturated heterocycles. The van der Waals surface area contributed by atoms with Crippen molar-refractivity contribution in [2.45, 2.75) is 53.0 Å². The third kappa shape index (κ3) is 2.70. The second kappa shape index (κ2) is 4.99. The minimum absolute atomic E-state index is 0.776. The second-order valence-corrected chi connectivity index (χ2v) is 4.59. The molecule has 1 saturated carbocycles. The average Bonchev–Trinajstić information content (AvgIpc) is 2.48. The van der Waals surface area contributed by atoms with Crippen molar-refractivity contribution in [1.82, 2.24) is 4.90 Å². The molecule has 2 bridgehead atoms. The van der Waals surface area contributed by atoms with Crippen molar-refractivity contribution in [3.63, 3.8) is 0 Å². The van der Waals surface area contributed by atoms with Crippen LogP contribution >= 0.6 is 0 Å². The summed E-state index contributed by atoms with van der Waals surface area (Å²) < 4.78 is 0. The number of fused-ring (bicyclic) bond motifs is 2. The molecule has 1 aliphatic heterocycles. The monoisotopic (exact) mass is 183 g/mol. The molecule has 0 aromatic rings. The van der Waals surface area contributed by atoms with Crippen LogP contribution in [0.1, 0.15) is 47.0 Å². The lowest BCUT2D eigenvalue weighted by Crippen LogP contribution is -2.40. The molecule has 13 heavy (non-hydrogen) atoms. The molecule has 1 heterocycles. The Bertz CT molecular complexity index is 130. The summed E-state index contributed by atoms with van der Waals surface area (Å²) in [4.78, 5) is 2.66. The van der Waals surface area contributed by atoms with Gasteiger partial charge in [-0.2, -0.15) is 0 Å². The Balaban J connectivity index is 0.000000396. The molecule has 0 N–H and O–H groups in total. The Morgan fingerprint density at radius 2 is 1.46 bits per heavy atom. The van der Waals surface area contributed by atoms with Gasteiger partial charge in [0.1, 0.15) is 0 Å². The van der Waals surface area contributed by atoms with Crippen LogP contribution in [-0.2, 0) is 0 Å². The number of piperidine rings is 1. The fraction of sp³-hybridized carbons (Fsp3) is 1.00. The van der Waals surface area contributed by atoms with Gasteiger partial charge >= 0.3 is 0 Å². The highest BCUT2D eigenvalue weighted by Crippen LogP contribution is 2.36. The van der Waals surface area contributed by atoms with Gasteiger partial charge in [-0.25, -0.2) is 0 Å². The maximum absolute atomic E-state index is 2.66. The van der Waals surface area contributed by atoms with Gasteiger partial charge in [0.2, 0.25) is 0 Å². The van der Waals surface area contributed by atoms with Gasteiger partial charge in [-0.05, 0) is 44.9 Å². The number of likely N-dealkylation sites (tertiary alicyclic amines) is 1. The van der Waals surface area contributed by atoms with E-state index < -0.39 is 0 Å². The quantitative estimate of drug-likeness (QED) is 0.603. The van der Waals surface area contributed by atoms with Gasteiger partial charge in [0, 0.05) is 19.1 Å². The minimum atomic E-state index is 0.776. The Morgan fingerprint density at radius 3 is 1.85 bits per heavy atom. The first-order valence-corrected chi connectivity index (χ1v) is 5.99. The third-order valence-electron chi connectivity index (χ3n) is 3.37. The lowest BCUT2D eigenvalue weighted by Gasteiger charge is -2.34. The Morgan fingerprint density at radius 1 is 1.00 bits per heavy atom. The summed E-state index contributed by atoms with van der Waals surface area (Å²) in [6.07, 6.45) is 4.55. The van der Waals surface area contributed by atoms with Crippen molar-refractivity contribution >= 4 is 0 Å². The molecule has 2 unspecified atom stereocenters. The van der Waals surface area contributed by atoms with E-state index in [0.717, 1.165) is 17.9 Å². The van der Waals surface area contributed by atoms with Crippen LogP contribution in [0.15, 0.2) is 0 Å². The summed E-state index contributed by atoms with van der Waals surface area (Å²) in [5.41, 5.74) is 0. The molecule has 2 atom stereocenters. The van der Waals surface area contributed by atoms with Crippen LogP contribution in [0.4, 0.5) is 0 Å². The average molecular weight is 183 g/mol. The molecule has 0 amide bonds. The summed E-state index contributed by atoms with van der Waals surface area (Å²) in [5, 5.41) is 0. The lowest BCUT2D eigenvalue weighted by atomic mass is 9.98. The zero-order valence-corrected chi connectivity index (χ0v) is 9.71. The van der Waals surface area contributed by atoms with E-state index in [9.17, 15) is 0 Å². The number of rotatable bonds is 1. The van der Waals surface area contributed by atoms with E-state index in [1.807, 2.05) is 13.8 Å². The van der Waals surface area contributed by atoms with Gasteiger partial charge in [0.05, 0.1) is 0 Å². The molecule has 0 radical (unpaired) electrons. The number of hydrogen-bond acceptors (Lipinski definition) is 1. The Kier molecular flexibility index (Phi) is 4.24. The topological polar surface area (TPSA) is 3.24 Å². The molecule has 1 heteroatoms. The fourth-order valence-electron chi connectivity index (χ4n) is 2.67. The highest BCUT2D eigenvalue weighted by molar-refractivity contribution is 4.86. The zero-order valence-electron chi connectivity index (χ0n) is 9.71. The van der Waals surface area contributed by atoms with Gasteiger partial charge in [-0.15, -0.1) is 0 Å². The van der Waals surface area contributed by atoms with Crippen molar-refractivity contribution in [3.8, 4) is 0 Å². The van der Waals surface area contributed by atoms with Gasteiger partial charge < -0.3 is 4.90 Å². The van der Waals surface area contributed by atoms with Crippen LogP contribution in [0.3, 0.4) is 0 Å². The summed E-state index contributed by atoms with van der Waals surface area (Å²) >= 11 is 0. The summed E-state index contributed by atoms with van der Waals surface area (Å²) in [5.74, 6) is 2.10. The standard InChI is InChI=1S/C10H19N.C2H6/c1-8(2)11-6-9-3-4-10(5-9)7-11;1-2/h8-10H,3-7H2,1-2H3;1-2H3. The Labute approximate surface area is 83.5 Å². The number of nitrogens with zero attached hydrogens (tertiary/aromatic N) is 1. The largest absolute Gasteiger partial charge is 0.300 e. The van der Waals surface area contributed by atoms with Crippen molar-refractivity contribution in [2.24, 2.45) is 11.8 Å². The molecule has 0 aromatic carbocycles. The Hall–Kier alpha value is -0.0400. The molecule has 0 spiro atoms. The maximum atomic E-state index is 2.66. The van der Waals surface area contributed by atoms with Gasteiger partial charge in [0.15, 0.2) is 0 Å². The minimum Gasteiger partial charge on any atom is -0.300 e. The van der Waals surface area contributed by atoms with Crippen molar-refractivity contribution in [2.75, 3.05) is 13.1 Å². The molecular weight excluding hydrogens is 158 g/mol. The summed E-state index contributed by atoms with van der Waals surface area (Å²) in [6.45, 7) is 11.4. The van der Waals surface area contributed by atoms with Crippen LogP contribution in [0.5, 0.6) is 0 Å². The van der Waals surface area contributed by atoms with Gasteiger partial charge in [-0.1, -0.05) is 13.8 Å². The SMILES string of the molecule is CC.CC(C)N1CC2CCC(C2)C1. The van der Waals surface area contributed by atoms with E-state index in [-0.39, 0.29) is 0 Å². The summed E-state index contributed by atoms with van der Waals surface area (Å²) in [6, 6.07) is 0.776. The molecule has 1 nitrogen and oxygen atoms in total. The smallest absolute Gasteiger partial charge is 0.00388 e. The van der Waals surface area contributed by atoms with Crippen LogP contribution in [0, 0.1) is 11.8 Å². The molecule has 2 fully saturated rings. The van der Waals surface area contributed by atoms with Gasteiger partial charge in [0.25, 0.3) is 0 Å². The first-order chi connectivity index (χ1) is 6.25. The third-order valence-corrected chi connectivity index (χ3v) is 3.37. The molecule has 0 aromatic heterocycles. The van der Waals surface area contributed by atoms with E-state index >= 15 is 0 Å².